The van der Waals surface area contributed by atoms with Crippen LogP contribution in [0.5, 0.6) is 0 Å². The van der Waals surface area contributed by atoms with Crippen LogP contribution in [0.1, 0.15) is 37.8 Å². The Labute approximate surface area is 119 Å². The summed E-state index contributed by atoms with van der Waals surface area (Å²) in [6, 6.07) is 4.55. The number of rotatable bonds is 7. The molecule has 0 aliphatic rings. The smallest absolute Gasteiger partial charge is 0.318 e. The summed E-state index contributed by atoms with van der Waals surface area (Å²) in [5.74, 6) is 0.620. The highest BCUT2D eigenvalue weighted by Crippen LogP contribution is 2.17. The molecule has 2 aromatic heterocycles. The Morgan fingerprint density at radius 1 is 1.30 bits per heavy atom. The molecule has 0 amide bonds. The summed E-state index contributed by atoms with van der Waals surface area (Å²) in [6.45, 7) is 5.80. The molecule has 0 aliphatic heterocycles. The van der Waals surface area contributed by atoms with Crippen LogP contribution in [0.4, 0.5) is 6.01 Å². The van der Waals surface area contributed by atoms with Crippen molar-refractivity contribution in [2.45, 2.75) is 32.9 Å². The molecule has 6 nitrogen and oxygen atoms in total. The van der Waals surface area contributed by atoms with Crippen LogP contribution in [0.25, 0.3) is 0 Å². The highest BCUT2D eigenvalue weighted by Gasteiger charge is 2.15. The number of nitrogens with zero attached hydrogens (tertiary/aromatic N) is 4. The van der Waals surface area contributed by atoms with E-state index in [1.807, 2.05) is 31.0 Å². The lowest BCUT2D eigenvalue weighted by Crippen LogP contribution is -2.19. The number of hydrogen-bond donors (Lipinski definition) is 1. The van der Waals surface area contributed by atoms with Gasteiger partial charge in [-0.1, -0.05) is 12.0 Å². The molecule has 0 aromatic carbocycles. The first kappa shape index (κ1) is 14.5. The van der Waals surface area contributed by atoms with Gasteiger partial charge in [0.25, 0.3) is 0 Å². The Bertz CT molecular complexity index is 513. The van der Waals surface area contributed by atoms with Crippen molar-refractivity contribution < 1.29 is 4.42 Å². The second kappa shape index (κ2) is 7.00. The summed E-state index contributed by atoms with van der Waals surface area (Å²) in [4.78, 5) is 5.93. The standard InChI is InChI=1S/C14H21N5O/c1-4-7-16-11(2)13-17-18-14(20-13)19(3)10-12-5-8-15-9-6-12/h5-6,8-9,11,16H,4,7,10H2,1-3H3. The van der Waals surface area contributed by atoms with E-state index in [1.165, 1.54) is 0 Å². The summed E-state index contributed by atoms with van der Waals surface area (Å²) in [5, 5.41) is 11.5. The van der Waals surface area contributed by atoms with E-state index in [0.717, 1.165) is 18.5 Å². The molecular formula is C14H21N5O. The highest BCUT2D eigenvalue weighted by atomic mass is 16.4. The molecule has 0 radical (unpaired) electrons. The topological polar surface area (TPSA) is 67.1 Å². The monoisotopic (exact) mass is 275 g/mol. The number of pyridine rings is 1. The van der Waals surface area contributed by atoms with Gasteiger partial charge in [0.15, 0.2) is 0 Å². The van der Waals surface area contributed by atoms with E-state index < -0.39 is 0 Å². The minimum Gasteiger partial charge on any atom is -0.406 e. The third kappa shape index (κ3) is 3.77. The molecule has 6 heteroatoms. The van der Waals surface area contributed by atoms with E-state index in [-0.39, 0.29) is 6.04 Å². The fraction of sp³-hybridized carbons (Fsp3) is 0.500. The fourth-order valence-electron chi connectivity index (χ4n) is 1.83. The van der Waals surface area contributed by atoms with Crippen molar-refractivity contribution >= 4 is 6.01 Å². The molecule has 1 N–H and O–H groups in total. The average molecular weight is 275 g/mol. The zero-order valence-electron chi connectivity index (χ0n) is 12.2. The second-order valence-corrected chi connectivity index (χ2v) is 4.81. The molecule has 0 bridgehead atoms. The van der Waals surface area contributed by atoms with Crippen LogP contribution >= 0.6 is 0 Å². The van der Waals surface area contributed by atoms with Crippen LogP contribution < -0.4 is 10.2 Å². The van der Waals surface area contributed by atoms with Crippen molar-refractivity contribution in [3.05, 3.63) is 36.0 Å². The lowest BCUT2D eigenvalue weighted by molar-refractivity contribution is 0.416. The molecule has 0 aliphatic carbocycles. The Morgan fingerprint density at radius 2 is 2.05 bits per heavy atom. The lowest BCUT2D eigenvalue weighted by atomic mass is 10.2. The Hall–Kier alpha value is -1.95. The molecule has 2 heterocycles. The number of aromatic nitrogens is 3. The number of anilines is 1. The molecule has 0 spiro atoms. The lowest BCUT2D eigenvalue weighted by Gasteiger charge is -2.13. The summed E-state index contributed by atoms with van der Waals surface area (Å²) < 4.78 is 5.70. The van der Waals surface area contributed by atoms with Crippen molar-refractivity contribution in [3.8, 4) is 0 Å². The van der Waals surface area contributed by atoms with Gasteiger partial charge in [-0.15, -0.1) is 5.10 Å². The Kier molecular flexibility index (Phi) is 5.06. The molecule has 2 aromatic rings. The van der Waals surface area contributed by atoms with E-state index in [0.29, 0.717) is 18.5 Å². The maximum atomic E-state index is 5.70. The van der Waals surface area contributed by atoms with Crippen LogP contribution in [0.15, 0.2) is 28.9 Å². The normalized spacial score (nSPS) is 12.3. The second-order valence-electron chi connectivity index (χ2n) is 4.81. The number of hydrogen-bond acceptors (Lipinski definition) is 6. The third-order valence-electron chi connectivity index (χ3n) is 3.00. The Morgan fingerprint density at radius 3 is 2.75 bits per heavy atom. The van der Waals surface area contributed by atoms with Crippen LogP contribution in [0.3, 0.4) is 0 Å². The quantitative estimate of drug-likeness (QED) is 0.835. The third-order valence-corrected chi connectivity index (χ3v) is 3.00. The van der Waals surface area contributed by atoms with Crippen LogP contribution in [0.2, 0.25) is 0 Å². The predicted molar refractivity (Wildman–Crippen MR) is 77.4 cm³/mol. The molecule has 2 rings (SSSR count). The molecular weight excluding hydrogens is 254 g/mol. The van der Waals surface area contributed by atoms with Crippen LogP contribution in [0, 0.1) is 0 Å². The maximum Gasteiger partial charge on any atom is 0.318 e. The van der Waals surface area contributed by atoms with E-state index in [4.69, 9.17) is 4.42 Å². The molecule has 20 heavy (non-hydrogen) atoms. The van der Waals surface area contributed by atoms with Gasteiger partial charge in [0, 0.05) is 26.0 Å². The first-order chi connectivity index (χ1) is 9.70. The minimum atomic E-state index is 0.0746. The molecule has 0 saturated carbocycles. The SMILES string of the molecule is CCCNC(C)c1nnc(N(C)Cc2ccncc2)o1. The van der Waals surface area contributed by atoms with Crippen LogP contribution in [-0.2, 0) is 6.54 Å². The van der Waals surface area contributed by atoms with Gasteiger partial charge in [-0.25, -0.2) is 0 Å². The molecule has 108 valence electrons. The summed E-state index contributed by atoms with van der Waals surface area (Å²) in [6.07, 6.45) is 4.63. The van der Waals surface area contributed by atoms with Crippen LogP contribution in [-0.4, -0.2) is 28.8 Å². The molecule has 1 unspecified atom stereocenters. The van der Waals surface area contributed by atoms with Gasteiger partial charge < -0.3 is 14.6 Å². The minimum absolute atomic E-state index is 0.0746. The van der Waals surface area contributed by atoms with E-state index >= 15 is 0 Å². The summed E-state index contributed by atoms with van der Waals surface area (Å²) in [7, 11) is 1.93. The number of nitrogens with one attached hydrogen (secondary N) is 1. The van der Waals surface area contributed by atoms with Gasteiger partial charge in [-0.2, -0.15) is 0 Å². The molecule has 1 atom stereocenters. The first-order valence-electron chi connectivity index (χ1n) is 6.87. The summed E-state index contributed by atoms with van der Waals surface area (Å²) in [5.41, 5.74) is 1.15. The highest BCUT2D eigenvalue weighted by molar-refractivity contribution is 5.26. The van der Waals surface area contributed by atoms with E-state index in [1.54, 1.807) is 12.4 Å². The fourth-order valence-corrected chi connectivity index (χ4v) is 1.83. The van der Waals surface area contributed by atoms with Crippen molar-refractivity contribution in [3.63, 3.8) is 0 Å². The maximum absolute atomic E-state index is 5.70. The van der Waals surface area contributed by atoms with Crippen molar-refractivity contribution in [1.82, 2.24) is 20.5 Å². The zero-order chi connectivity index (χ0) is 14.4. The largest absolute Gasteiger partial charge is 0.406 e. The van der Waals surface area contributed by atoms with Gasteiger partial charge >= 0.3 is 6.01 Å². The van der Waals surface area contributed by atoms with E-state index in [9.17, 15) is 0 Å². The van der Waals surface area contributed by atoms with Gasteiger partial charge in [-0.05, 0) is 37.6 Å². The van der Waals surface area contributed by atoms with E-state index in [2.05, 4.69) is 27.4 Å². The molecule has 0 fully saturated rings. The van der Waals surface area contributed by atoms with Crippen molar-refractivity contribution in [1.29, 1.82) is 0 Å². The van der Waals surface area contributed by atoms with Gasteiger partial charge in [0.2, 0.25) is 5.89 Å². The first-order valence-corrected chi connectivity index (χ1v) is 6.87. The van der Waals surface area contributed by atoms with Gasteiger partial charge in [-0.3, -0.25) is 4.98 Å². The van der Waals surface area contributed by atoms with Gasteiger partial charge in [0.05, 0.1) is 6.04 Å². The van der Waals surface area contributed by atoms with Gasteiger partial charge in [0.1, 0.15) is 0 Å². The summed E-state index contributed by atoms with van der Waals surface area (Å²) >= 11 is 0. The average Bonchev–Trinajstić information content (AvgIpc) is 2.96. The van der Waals surface area contributed by atoms with Crippen molar-refractivity contribution in [2.75, 3.05) is 18.5 Å². The molecule has 0 saturated heterocycles. The Balaban J connectivity index is 1.97. The predicted octanol–water partition coefficient (Wildman–Crippen LogP) is 2.16. The van der Waals surface area contributed by atoms with Crippen molar-refractivity contribution in [2.24, 2.45) is 0 Å². The zero-order valence-corrected chi connectivity index (χ0v) is 12.2.